The van der Waals surface area contributed by atoms with E-state index in [0.29, 0.717) is 29.1 Å². The van der Waals surface area contributed by atoms with E-state index in [2.05, 4.69) is 0 Å². The van der Waals surface area contributed by atoms with Crippen molar-refractivity contribution in [2.45, 2.75) is 50.9 Å². The number of carbonyl (C=O) groups is 1. The van der Waals surface area contributed by atoms with Crippen molar-refractivity contribution in [1.82, 2.24) is 0 Å². The molecule has 0 aromatic heterocycles. The highest BCUT2D eigenvalue weighted by atomic mass is 16.3. The van der Waals surface area contributed by atoms with Crippen LogP contribution in [0.15, 0.2) is 24.0 Å². The van der Waals surface area contributed by atoms with Gasteiger partial charge in [-0.15, -0.1) is 0 Å². The highest BCUT2D eigenvalue weighted by Crippen LogP contribution is 2.55. The fraction of sp³-hybridized carbons (Fsp3) is 0.571. The van der Waals surface area contributed by atoms with Gasteiger partial charge in [0.15, 0.2) is 5.78 Å². The molecule has 4 fully saturated rings. The number of hydrogen-bond acceptors (Lipinski definition) is 3. The highest BCUT2D eigenvalue weighted by molar-refractivity contribution is 6.25. The van der Waals surface area contributed by atoms with Gasteiger partial charge in [0.1, 0.15) is 11.5 Å². The second-order valence-corrected chi connectivity index (χ2v) is 8.32. The number of carbonyl (C=O) groups excluding carboxylic acids is 1. The Morgan fingerprint density at radius 1 is 0.958 bits per heavy atom. The van der Waals surface area contributed by atoms with E-state index in [-0.39, 0.29) is 23.4 Å². The molecule has 5 aliphatic carbocycles. The van der Waals surface area contributed by atoms with Gasteiger partial charge < -0.3 is 10.2 Å². The van der Waals surface area contributed by atoms with Crippen LogP contribution in [0.1, 0.15) is 62.0 Å². The van der Waals surface area contributed by atoms with Crippen LogP contribution < -0.4 is 0 Å². The van der Waals surface area contributed by atoms with E-state index < -0.39 is 0 Å². The van der Waals surface area contributed by atoms with Crippen LogP contribution in [0.5, 0.6) is 5.75 Å². The summed E-state index contributed by atoms with van der Waals surface area (Å²) in [5.74, 6) is 2.21. The van der Waals surface area contributed by atoms with E-state index in [4.69, 9.17) is 0 Å². The van der Waals surface area contributed by atoms with Gasteiger partial charge in [0.25, 0.3) is 0 Å². The van der Waals surface area contributed by atoms with Crippen molar-refractivity contribution < 1.29 is 15.0 Å². The zero-order chi connectivity index (χ0) is 16.4. The molecule has 6 rings (SSSR count). The zero-order valence-electron chi connectivity index (χ0n) is 13.9. The minimum Gasteiger partial charge on any atom is -0.511 e. The number of rotatable bonds is 2. The standard InChI is InChI=1S/C21H24O3/c22-14-7-8-15(12-5-6-12)16(10-14)19-20(23)17-9-11-1-3-13(4-2-11)18(17)21(19)24/h7-8,10-13,17-18,22,24H,1-6,9H2. The van der Waals surface area contributed by atoms with Gasteiger partial charge in [-0.1, -0.05) is 18.9 Å². The average Bonchev–Trinajstić information content (AvgIpc) is 3.39. The molecular weight excluding hydrogens is 300 g/mol. The van der Waals surface area contributed by atoms with Gasteiger partial charge in [-0.25, -0.2) is 0 Å². The summed E-state index contributed by atoms with van der Waals surface area (Å²) in [6.45, 7) is 0. The molecule has 0 radical (unpaired) electrons. The van der Waals surface area contributed by atoms with Crippen molar-refractivity contribution in [2.75, 3.05) is 0 Å². The van der Waals surface area contributed by atoms with Gasteiger partial charge in [0.05, 0.1) is 5.57 Å². The molecule has 2 bridgehead atoms. The van der Waals surface area contributed by atoms with E-state index in [1.54, 1.807) is 12.1 Å². The predicted molar refractivity (Wildman–Crippen MR) is 91.7 cm³/mol. The fourth-order valence-corrected chi connectivity index (χ4v) is 5.56. The molecule has 1 aromatic rings. The molecule has 126 valence electrons. The number of ketones is 1. The maximum absolute atomic E-state index is 13.2. The molecule has 0 saturated heterocycles. The molecule has 3 heteroatoms. The molecule has 5 aliphatic rings. The molecule has 2 atom stereocenters. The van der Waals surface area contributed by atoms with E-state index >= 15 is 0 Å². The summed E-state index contributed by atoms with van der Waals surface area (Å²) in [6.07, 6.45) is 7.93. The van der Waals surface area contributed by atoms with E-state index in [1.807, 2.05) is 6.07 Å². The number of aliphatic hydroxyl groups excluding tert-OH is 1. The first-order valence-electron chi connectivity index (χ1n) is 9.44. The molecule has 0 aliphatic heterocycles. The Morgan fingerprint density at radius 2 is 1.71 bits per heavy atom. The molecule has 4 saturated carbocycles. The van der Waals surface area contributed by atoms with Crippen LogP contribution in [0.4, 0.5) is 0 Å². The van der Waals surface area contributed by atoms with E-state index in [9.17, 15) is 15.0 Å². The Hall–Kier alpha value is -1.77. The summed E-state index contributed by atoms with van der Waals surface area (Å²) >= 11 is 0. The number of aromatic hydroxyl groups is 1. The fourth-order valence-electron chi connectivity index (χ4n) is 5.56. The van der Waals surface area contributed by atoms with Crippen molar-refractivity contribution in [1.29, 1.82) is 0 Å². The van der Waals surface area contributed by atoms with Gasteiger partial charge in [-0.2, -0.15) is 0 Å². The van der Waals surface area contributed by atoms with Crippen molar-refractivity contribution >= 4 is 11.4 Å². The molecule has 0 heterocycles. The average molecular weight is 324 g/mol. The van der Waals surface area contributed by atoms with Gasteiger partial charge in [0.2, 0.25) is 0 Å². The monoisotopic (exact) mass is 324 g/mol. The van der Waals surface area contributed by atoms with Crippen LogP contribution in [0.25, 0.3) is 5.57 Å². The van der Waals surface area contributed by atoms with E-state index in [1.165, 1.54) is 12.8 Å². The number of benzene rings is 1. The number of aliphatic hydroxyl groups is 1. The van der Waals surface area contributed by atoms with E-state index in [0.717, 1.165) is 43.2 Å². The molecule has 24 heavy (non-hydrogen) atoms. The second-order valence-electron chi connectivity index (χ2n) is 8.32. The first-order valence-corrected chi connectivity index (χ1v) is 9.44. The summed E-state index contributed by atoms with van der Waals surface area (Å²) < 4.78 is 0. The summed E-state index contributed by atoms with van der Waals surface area (Å²) in [4.78, 5) is 13.2. The first-order chi connectivity index (χ1) is 11.6. The smallest absolute Gasteiger partial charge is 0.170 e. The first kappa shape index (κ1) is 14.6. The van der Waals surface area contributed by atoms with Gasteiger partial charge >= 0.3 is 0 Å². The lowest BCUT2D eigenvalue weighted by Gasteiger charge is -2.26. The minimum atomic E-state index is -0.0330. The lowest BCUT2D eigenvalue weighted by atomic mass is 9.79. The van der Waals surface area contributed by atoms with Crippen LogP contribution in [-0.2, 0) is 4.79 Å². The Morgan fingerprint density at radius 3 is 2.42 bits per heavy atom. The van der Waals surface area contributed by atoms with Gasteiger partial charge in [0, 0.05) is 11.8 Å². The predicted octanol–water partition coefficient (Wildman–Crippen LogP) is 4.56. The number of hydrogen-bond donors (Lipinski definition) is 2. The SMILES string of the molecule is O=C1C(c2cc(O)ccc2C2CC2)=C(O)C2C3CCC(CC3)CC12. The van der Waals surface area contributed by atoms with Crippen LogP contribution in [-0.4, -0.2) is 16.0 Å². The molecule has 0 spiro atoms. The van der Waals surface area contributed by atoms with Crippen molar-refractivity contribution in [3.05, 3.63) is 35.1 Å². The van der Waals surface area contributed by atoms with Crippen LogP contribution in [0, 0.1) is 23.7 Å². The van der Waals surface area contributed by atoms with Crippen LogP contribution >= 0.6 is 0 Å². The third-order valence-electron chi connectivity index (χ3n) is 6.90. The maximum Gasteiger partial charge on any atom is 0.170 e. The largest absolute Gasteiger partial charge is 0.511 e. The lowest BCUT2D eigenvalue weighted by molar-refractivity contribution is -0.118. The molecule has 0 amide bonds. The summed E-state index contributed by atoms with van der Waals surface area (Å²) in [5, 5.41) is 21.0. The molecule has 2 unspecified atom stereocenters. The van der Waals surface area contributed by atoms with Gasteiger partial charge in [-0.3, -0.25) is 4.79 Å². The van der Waals surface area contributed by atoms with Gasteiger partial charge in [-0.05, 0) is 73.1 Å². The van der Waals surface area contributed by atoms with Crippen molar-refractivity contribution in [3.8, 4) is 5.75 Å². The van der Waals surface area contributed by atoms with Crippen LogP contribution in [0.3, 0.4) is 0 Å². The third-order valence-corrected chi connectivity index (χ3v) is 6.90. The third kappa shape index (κ3) is 2.06. The molecule has 1 aromatic carbocycles. The highest BCUT2D eigenvalue weighted by Gasteiger charge is 2.50. The Kier molecular flexibility index (Phi) is 3.10. The Bertz CT molecular complexity index is 735. The minimum absolute atomic E-state index is 0.0226. The van der Waals surface area contributed by atoms with Crippen molar-refractivity contribution in [3.63, 3.8) is 0 Å². The number of allylic oxidation sites excluding steroid dienone is 2. The number of phenolic OH excluding ortho intramolecular Hbond substituents is 1. The lowest BCUT2D eigenvalue weighted by Crippen LogP contribution is -2.22. The topological polar surface area (TPSA) is 57.5 Å². The van der Waals surface area contributed by atoms with Crippen molar-refractivity contribution in [2.24, 2.45) is 23.7 Å². The molecular formula is C21H24O3. The van der Waals surface area contributed by atoms with Crippen LogP contribution in [0.2, 0.25) is 0 Å². The molecule has 3 nitrogen and oxygen atoms in total. The quantitative estimate of drug-likeness (QED) is 0.838. The maximum atomic E-state index is 13.2. The summed E-state index contributed by atoms with van der Waals surface area (Å²) in [6, 6.07) is 5.34. The molecule has 2 N–H and O–H groups in total. The Labute approximate surface area is 142 Å². The summed E-state index contributed by atoms with van der Waals surface area (Å²) in [5.41, 5.74) is 2.45. The number of phenols is 1. The number of Topliss-reactive ketones (excluding diaryl/α,β-unsaturated/α-hetero) is 1. The second kappa shape index (κ2) is 5.11. The number of fused-ring (bicyclic) bond motifs is 2. The Balaban J connectivity index is 1.64. The summed E-state index contributed by atoms with van der Waals surface area (Å²) in [7, 11) is 0. The zero-order valence-corrected chi connectivity index (χ0v) is 13.9. The normalized spacial score (nSPS) is 35.2.